The molecule has 2 rings (SSSR count). The van der Waals surface area contributed by atoms with Crippen molar-refractivity contribution in [3.05, 3.63) is 24.0 Å². The minimum Gasteiger partial charge on any atom is -0.329 e. The topological polar surface area (TPSA) is 107 Å². The summed E-state index contributed by atoms with van der Waals surface area (Å²) < 4.78 is 30.8. The third kappa shape index (κ3) is 1.56. The van der Waals surface area contributed by atoms with Crippen molar-refractivity contribution < 1.29 is 13.0 Å². The molecule has 0 saturated heterocycles. The monoisotopic (exact) mass is 223 g/mol. The lowest BCUT2D eigenvalue weighted by atomic mass is 10.3. The number of aromatic nitrogens is 2. The van der Waals surface area contributed by atoms with Crippen molar-refractivity contribution in [3.8, 4) is 6.07 Å². The molecule has 6 nitrogen and oxygen atoms in total. The maximum absolute atomic E-state index is 11.0. The third-order valence-corrected chi connectivity index (χ3v) is 2.74. The van der Waals surface area contributed by atoms with Crippen LogP contribution in [0.2, 0.25) is 0 Å². The molecule has 0 amide bonds. The van der Waals surface area contributed by atoms with E-state index in [4.69, 9.17) is 9.81 Å². The highest BCUT2D eigenvalue weighted by atomic mass is 32.2. The van der Waals surface area contributed by atoms with Gasteiger partial charge < -0.3 is 4.98 Å². The van der Waals surface area contributed by atoms with E-state index in [-0.39, 0.29) is 16.2 Å². The van der Waals surface area contributed by atoms with Crippen molar-refractivity contribution >= 4 is 21.2 Å². The summed E-state index contributed by atoms with van der Waals surface area (Å²) in [4.78, 5) is 6.04. The molecule has 0 radical (unpaired) electrons. The van der Waals surface area contributed by atoms with E-state index in [1.807, 2.05) is 0 Å². The van der Waals surface area contributed by atoms with E-state index in [2.05, 4.69) is 9.97 Å². The van der Waals surface area contributed by atoms with Crippen LogP contribution in [-0.2, 0) is 10.1 Å². The van der Waals surface area contributed by atoms with Crippen LogP contribution in [0.1, 0.15) is 5.82 Å². The number of aromatic amines is 1. The fourth-order valence-electron chi connectivity index (χ4n) is 1.27. The molecule has 2 N–H and O–H groups in total. The van der Waals surface area contributed by atoms with Crippen LogP contribution in [-0.4, -0.2) is 22.9 Å². The largest absolute Gasteiger partial charge is 0.329 e. The number of H-pyrrole nitrogens is 1. The van der Waals surface area contributed by atoms with Gasteiger partial charge in [-0.2, -0.15) is 13.7 Å². The Balaban J connectivity index is 2.89. The molecule has 76 valence electrons. The van der Waals surface area contributed by atoms with Gasteiger partial charge >= 0.3 is 0 Å². The zero-order valence-electron chi connectivity index (χ0n) is 7.30. The van der Waals surface area contributed by atoms with Crippen LogP contribution in [0.5, 0.6) is 0 Å². The Morgan fingerprint density at radius 3 is 2.80 bits per heavy atom. The number of hydrogen-bond donors (Lipinski definition) is 2. The number of para-hydroxylation sites is 1. The molecular formula is C8H5N3O3S. The molecule has 0 unspecified atom stereocenters. The van der Waals surface area contributed by atoms with Crippen LogP contribution in [0.3, 0.4) is 0 Å². The average molecular weight is 223 g/mol. The van der Waals surface area contributed by atoms with Crippen molar-refractivity contribution in [1.82, 2.24) is 9.97 Å². The molecule has 0 aliphatic heterocycles. The number of rotatable bonds is 1. The number of benzene rings is 1. The highest BCUT2D eigenvalue weighted by Crippen LogP contribution is 2.20. The maximum Gasteiger partial charge on any atom is 0.296 e. The van der Waals surface area contributed by atoms with Gasteiger partial charge in [-0.05, 0) is 12.1 Å². The fraction of sp³-hybridized carbons (Fsp3) is 0. The van der Waals surface area contributed by atoms with Crippen LogP contribution < -0.4 is 0 Å². The van der Waals surface area contributed by atoms with Gasteiger partial charge in [-0.1, -0.05) is 6.07 Å². The number of imidazole rings is 1. The summed E-state index contributed by atoms with van der Waals surface area (Å²) in [7, 11) is -4.32. The minimum atomic E-state index is -4.32. The summed E-state index contributed by atoms with van der Waals surface area (Å²) in [5.74, 6) is 0.00102. The number of nitriles is 1. The van der Waals surface area contributed by atoms with Gasteiger partial charge in [0.2, 0.25) is 5.82 Å². The van der Waals surface area contributed by atoms with E-state index < -0.39 is 10.1 Å². The highest BCUT2D eigenvalue weighted by molar-refractivity contribution is 7.86. The fourth-order valence-corrected chi connectivity index (χ4v) is 1.92. The van der Waals surface area contributed by atoms with Crippen LogP contribution in [0.25, 0.3) is 11.0 Å². The molecule has 15 heavy (non-hydrogen) atoms. The second-order valence-corrected chi connectivity index (χ2v) is 4.21. The summed E-state index contributed by atoms with van der Waals surface area (Å²) in [6.45, 7) is 0. The first kappa shape index (κ1) is 9.64. The first-order valence-corrected chi connectivity index (χ1v) is 5.32. The van der Waals surface area contributed by atoms with Gasteiger partial charge in [0.25, 0.3) is 10.1 Å². The molecule has 2 aromatic rings. The standard InChI is InChI=1S/C8H5N3O3S/c9-4-7-10-5-2-1-3-6(8(5)11-7)15(12,13)14/h1-3H,(H,10,11)(H,12,13,14). The molecule has 0 aliphatic carbocycles. The molecule has 1 aromatic carbocycles. The van der Waals surface area contributed by atoms with E-state index in [9.17, 15) is 8.42 Å². The van der Waals surface area contributed by atoms with Crippen molar-refractivity contribution in [2.24, 2.45) is 0 Å². The number of fused-ring (bicyclic) bond motifs is 1. The number of nitrogens with one attached hydrogen (secondary N) is 1. The van der Waals surface area contributed by atoms with Gasteiger partial charge in [0.1, 0.15) is 16.5 Å². The van der Waals surface area contributed by atoms with Gasteiger partial charge in [0.15, 0.2) is 0 Å². The number of nitrogens with zero attached hydrogens (tertiary/aromatic N) is 2. The molecule has 0 spiro atoms. The lowest BCUT2D eigenvalue weighted by molar-refractivity contribution is 0.484. The second-order valence-electron chi connectivity index (χ2n) is 2.82. The second kappa shape index (κ2) is 3.05. The van der Waals surface area contributed by atoms with Gasteiger partial charge in [0, 0.05) is 0 Å². The molecule has 0 fully saturated rings. The summed E-state index contributed by atoms with van der Waals surface area (Å²) in [6.07, 6.45) is 0. The Bertz CT molecular complexity index is 666. The Kier molecular flexibility index (Phi) is 1.96. The zero-order valence-corrected chi connectivity index (χ0v) is 8.11. The Labute approximate surface area is 84.9 Å². The van der Waals surface area contributed by atoms with E-state index in [0.717, 1.165) is 0 Å². The summed E-state index contributed by atoms with van der Waals surface area (Å²) in [5, 5.41) is 8.58. The summed E-state index contributed by atoms with van der Waals surface area (Å²) in [5.41, 5.74) is 0.457. The van der Waals surface area contributed by atoms with Crippen LogP contribution >= 0.6 is 0 Å². The summed E-state index contributed by atoms with van der Waals surface area (Å²) >= 11 is 0. The molecular weight excluding hydrogens is 218 g/mol. The molecule has 0 bridgehead atoms. The Hall–Kier alpha value is -1.91. The number of hydrogen-bond acceptors (Lipinski definition) is 4. The smallest absolute Gasteiger partial charge is 0.296 e. The predicted molar refractivity (Wildman–Crippen MR) is 50.6 cm³/mol. The Morgan fingerprint density at radius 2 is 2.20 bits per heavy atom. The van der Waals surface area contributed by atoms with Gasteiger partial charge in [0.05, 0.1) is 5.52 Å². The normalized spacial score (nSPS) is 11.5. The lowest BCUT2D eigenvalue weighted by Gasteiger charge is -1.96. The average Bonchev–Trinajstić information content (AvgIpc) is 2.57. The Morgan fingerprint density at radius 1 is 1.47 bits per heavy atom. The summed E-state index contributed by atoms with van der Waals surface area (Å²) in [6, 6.07) is 5.99. The lowest BCUT2D eigenvalue weighted by Crippen LogP contribution is -1.98. The van der Waals surface area contributed by atoms with Crippen LogP contribution in [0, 0.1) is 11.3 Å². The maximum atomic E-state index is 11.0. The van der Waals surface area contributed by atoms with Crippen molar-refractivity contribution in [3.63, 3.8) is 0 Å². The van der Waals surface area contributed by atoms with Crippen molar-refractivity contribution in [1.29, 1.82) is 5.26 Å². The van der Waals surface area contributed by atoms with E-state index in [1.165, 1.54) is 12.1 Å². The zero-order chi connectivity index (χ0) is 11.1. The van der Waals surface area contributed by atoms with Crippen molar-refractivity contribution in [2.45, 2.75) is 4.90 Å². The third-order valence-electron chi connectivity index (χ3n) is 1.86. The SMILES string of the molecule is N#Cc1nc2c(S(=O)(=O)O)cccc2[nH]1. The quantitative estimate of drug-likeness (QED) is 0.691. The first-order chi connectivity index (χ1) is 7.02. The van der Waals surface area contributed by atoms with Gasteiger partial charge in [-0.25, -0.2) is 4.98 Å². The molecule has 0 atom stereocenters. The molecule has 7 heteroatoms. The molecule has 0 aliphatic rings. The molecule has 1 aromatic heterocycles. The van der Waals surface area contributed by atoms with E-state index >= 15 is 0 Å². The molecule has 1 heterocycles. The minimum absolute atomic E-state index is 0.00102. The van der Waals surface area contributed by atoms with Gasteiger partial charge in [-0.3, -0.25) is 4.55 Å². The van der Waals surface area contributed by atoms with Crippen LogP contribution in [0.4, 0.5) is 0 Å². The van der Waals surface area contributed by atoms with E-state index in [1.54, 1.807) is 12.1 Å². The van der Waals surface area contributed by atoms with E-state index in [0.29, 0.717) is 5.52 Å². The van der Waals surface area contributed by atoms with Crippen LogP contribution in [0.15, 0.2) is 23.1 Å². The first-order valence-electron chi connectivity index (χ1n) is 3.88. The predicted octanol–water partition coefficient (Wildman–Crippen LogP) is 0.681. The van der Waals surface area contributed by atoms with Crippen molar-refractivity contribution in [2.75, 3.05) is 0 Å². The molecule has 0 saturated carbocycles. The highest BCUT2D eigenvalue weighted by Gasteiger charge is 2.16. The van der Waals surface area contributed by atoms with Gasteiger partial charge in [-0.15, -0.1) is 0 Å².